The summed E-state index contributed by atoms with van der Waals surface area (Å²) in [6.45, 7) is 21.9. The minimum Gasteiger partial charge on any atom is -0.507 e. The van der Waals surface area contributed by atoms with Crippen LogP contribution >= 0.6 is 0 Å². The van der Waals surface area contributed by atoms with Gasteiger partial charge in [0.2, 0.25) is 0 Å². The zero-order valence-corrected chi connectivity index (χ0v) is 42.9. The third-order valence-electron chi connectivity index (χ3n) is 13.7. The highest BCUT2D eigenvalue weighted by Gasteiger charge is 2.29. The van der Waals surface area contributed by atoms with Crippen molar-refractivity contribution in [2.75, 3.05) is 0 Å². The highest BCUT2D eigenvalue weighted by atomic mass is 16.3. The van der Waals surface area contributed by atoms with Gasteiger partial charge in [0.05, 0.1) is 28.0 Å². The smallest absolute Gasteiger partial charge is 0.149 e. The molecule has 1 N–H and O–H groups in total. The Bertz CT molecular complexity index is 3600. The molecule has 0 aliphatic heterocycles. The highest BCUT2D eigenvalue weighted by Crippen LogP contribution is 2.46. The third-order valence-corrected chi connectivity index (χ3v) is 13.7. The number of nitrogens with zero attached hydrogens (tertiary/aromatic N) is 3. The Balaban J connectivity index is 1.35. The first-order valence-electron chi connectivity index (χ1n) is 27.1. The van der Waals surface area contributed by atoms with Gasteiger partial charge in [0, 0.05) is 29.7 Å². The fourth-order valence-corrected chi connectivity index (χ4v) is 9.74. The number of fused-ring (bicyclic) bond motifs is 1. The van der Waals surface area contributed by atoms with Gasteiger partial charge >= 0.3 is 0 Å². The van der Waals surface area contributed by atoms with Crippen LogP contribution in [0, 0.1) is 6.85 Å². The molecule has 4 nitrogen and oxygen atoms in total. The topological polar surface area (TPSA) is 50.9 Å². The first-order chi connectivity index (χ1) is 35.1. The van der Waals surface area contributed by atoms with Gasteiger partial charge in [-0.3, -0.25) is 9.55 Å². The van der Waals surface area contributed by atoms with Crippen LogP contribution in [-0.4, -0.2) is 19.6 Å². The van der Waals surface area contributed by atoms with Crippen LogP contribution in [0.2, 0.25) is 0 Å². The van der Waals surface area contributed by atoms with Gasteiger partial charge in [-0.15, -0.1) is 0 Å². The molecule has 2 aromatic heterocycles. The van der Waals surface area contributed by atoms with E-state index in [2.05, 4.69) is 122 Å². The molecule has 4 heteroatoms. The zero-order chi connectivity index (χ0) is 54.2. The van der Waals surface area contributed by atoms with Crippen LogP contribution in [0.25, 0.3) is 83.9 Å². The van der Waals surface area contributed by atoms with E-state index in [0.29, 0.717) is 28.1 Å². The Hall–Kier alpha value is -7.04. The first kappa shape index (κ1) is 41.9. The van der Waals surface area contributed by atoms with E-state index in [4.69, 9.17) is 11.3 Å². The Morgan fingerprint density at radius 2 is 1.23 bits per heavy atom. The van der Waals surface area contributed by atoms with Gasteiger partial charge < -0.3 is 5.11 Å². The molecule has 9 rings (SSSR count). The van der Waals surface area contributed by atoms with Crippen molar-refractivity contribution in [2.24, 2.45) is 0 Å². The number of para-hydroxylation sites is 1. The quantitative estimate of drug-likeness (QED) is 0.149. The largest absolute Gasteiger partial charge is 0.507 e. The average Bonchev–Trinajstić information content (AvgIpc) is 3.74. The van der Waals surface area contributed by atoms with Gasteiger partial charge in [0.1, 0.15) is 11.6 Å². The number of phenolic OH excluding ortho intramolecular Hbond substituents is 1. The second-order valence-corrected chi connectivity index (χ2v) is 21.7. The Labute approximate surface area is 424 Å². The summed E-state index contributed by atoms with van der Waals surface area (Å²) in [7, 11) is 0. The number of benzene rings is 7. The van der Waals surface area contributed by atoms with Crippen molar-refractivity contribution < 1.29 is 12.0 Å². The van der Waals surface area contributed by atoms with Crippen molar-refractivity contribution in [3.63, 3.8) is 0 Å². The summed E-state index contributed by atoms with van der Waals surface area (Å²) < 4.78 is 47.4. The van der Waals surface area contributed by atoms with E-state index in [1.165, 1.54) is 0 Å². The second kappa shape index (κ2) is 18.7. The van der Waals surface area contributed by atoms with Crippen LogP contribution in [0.4, 0.5) is 0 Å². The van der Waals surface area contributed by atoms with Gasteiger partial charge in [-0.25, -0.2) is 4.98 Å². The summed E-state index contributed by atoms with van der Waals surface area (Å²) in [4.78, 5) is 10.5. The molecule has 0 aliphatic carbocycles. The molecule has 7 aromatic carbocycles. The maximum atomic E-state index is 12.6. The minimum atomic E-state index is -2.59. The highest BCUT2D eigenvalue weighted by molar-refractivity contribution is 5.98. The lowest BCUT2D eigenvalue weighted by Gasteiger charge is -2.27. The van der Waals surface area contributed by atoms with Gasteiger partial charge in [-0.1, -0.05) is 180 Å². The van der Waals surface area contributed by atoms with Crippen molar-refractivity contribution in [3.8, 4) is 78.6 Å². The summed E-state index contributed by atoms with van der Waals surface area (Å²) in [5, 5.41) is 12.6. The molecule has 354 valence electrons. The second-order valence-electron chi connectivity index (χ2n) is 21.7. The molecule has 0 spiro atoms. The molecule has 2 heterocycles. The first-order valence-corrected chi connectivity index (χ1v) is 24.6. The molecule has 70 heavy (non-hydrogen) atoms. The number of hydrogen-bond donors (Lipinski definition) is 1. The molecule has 0 amide bonds. The van der Waals surface area contributed by atoms with Crippen LogP contribution in [0.5, 0.6) is 5.75 Å². The molecule has 0 saturated heterocycles. The van der Waals surface area contributed by atoms with E-state index in [1.54, 1.807) is 6.07 Å². The summed E-state index contributed by atoms with van der Waals surface area (Å²) in [5.41, 5.74) is 15.1. The minimum absolute atomic E-state index is 0.0891. The summed E-state index contributed by atoms with van der Waals surface area (Å²) in [6.07, 6.45) is 1.84. The van der Waals surface area contributed by atoms with E-state index < -0.39 is 24.1 Å². The van der Waals surface area contributed by atoms with Crippen LogP contribution in [0.1, 0.15) is 141 Å². The fraction of sp³-hybridized carbons (Fsp3) is 0.273. The number of rotatable bonds is 10. The standard InChI is InChI=1S/C66H69N3O/c1-40(2)44-25-27-46(28-26-44)47-31-32-67-58(37-47)51-35-49(45-19-15-14-16-20-45)34-50(36-51)55-23-18-24-60-62(55)68-64(56-38-52(65(8,9)10)39-57(63(56)70)66(11,12)13)69(60)59-30-29-48(33-43(59)7)61-53(41(3)4)21-17-22-54(61)42(5)6/h14-42,70H,1-13H3/i7D3,40D,41D. The SMILES string of the molecule is [2H]C([2H])([2H])c1cc(-c2c(C(C)C)cccc2C([2H])(C)C)ccc1-n1c(-c2cc(C(C)(C)C)cc(C(C)(C)C)c2O)nc2c(-c3cc(-c4ccccc4)cc(-c4cc(-c5ccc(C([2H])(C)C)cc5)ccn4)c3)cccc21. The van der Waals surface area contributed by atoms with Crippen molar-refractivity contribution in [2.45, 2.75) is 118 Å². The molecule has 0 aliphatic rings. The Morgan fingerprint density at radius 3 is 1.90 bits per heavy atom. The lowest BCUT2D eigenvalue weighted by atomic mass is 9.79. The van der Waals surface area contributed by atoms with Crippen LogP contribution in [0.3, 0.4) is 0 Å². The van der Waals surface area contributed by atoms with E-state index in [1.807, 2.05) is 117 Å². The lowest BCUT2D eigenvalue weighted by Crippen LogP contribution is -2.17. The maximum absolute atomic E-state index is 12.6. The molecule has 0 bridgehead atoms. The van der Waals surface area contributed by atoms with Crippen molar-refractivity contribution >= 4 is 11.0 Å². The monoisotopic (exact) mass is 925 g/mol. The van der Waals surface area contributed by atoms with E-state index in [9.17, 15) is 10.6 Å². The van der Waals surface area contributed by atoms with Crippen molar-refractivity contribution in [3.05, 3.63) is 191 Å². The number of aromatic hydroxyl groups is 1. The maximum Gasteiger partial charge on any atom is 0.149 e. The summed E-state index contributed by atoms with van der Waals surface area (Å²) in [5.74, 6) is -1.07. The van der Waals surface area contributed by atoms with Gasteiger partial charge in [0.15, 0.2) is 0 Å². The van der Waals surface area contributed by atoms with Crippen LogP contribution in [0.15, 0.2) is 158 Å². The Kier molecular flexibility index (Phi) is 11.2. The molecule has 0 radical (unpaired) electrons. The van der Waals surface area contributed by atoms with Gasteiger partial charge in [-0.05, 0) is 157 Å². The van der Waals surface area contributed by atoms with Gasteiger partial charge in [0.25, 0.3) is 0 Å². The number of pyridine rings is 1. The van der Waals surface area contributed by atoms with Crippen LogP contribution in [-0.2, 0) is 10.8 Å². The number of hydrogen-bond acceptors (Lipinski definition) is 3. The fourth-order valence-electron chi connectivity index (χ4n) is 9.74. The summed E-state index contributed by atoms with van der Waals surface area (Å²) >= 11 is 0. The lowest BCUT2D eigenvalue weighted by molar-refractivity contribution is 0.446. The molecule has 0 fully saturated rings. The molecule has 0 saturated carbocycles. The third kappa shape index (κ3) is 9.25. The number of aromatic nitrogens is 3. The van der Waals surface area contributed by atoms with E-state index >= 15 is 0 Å². The number of aryl methyl sites for hydroxylation is 1. The molecular formula is C66H69N3O. The van der Waals surface area contributed by atoms with Gasteiger partial charge in [-0.2, -0.15) is 0 Å². The predicted molar refractivity (Wildman–Crippen MR) is 298 cm³/mol. The normalized spacial score (nSPS) is 13.8. The number of phenols is 1. The Morgan fingerprint density at radius 1 is 0.557 bits per heavy atom. The average molecular weight is 925 g/mol. The summed E-state index contributed by atoms with van der Waals surface area (Å²) in [6, 6.07) is 50.9. The van der Waals surface area contributed by atoms with Crippen molar-refractivity contribution in [1.29, 1.82) is 0 Å². The molecular weight excluding hydrogens is 851 g/mol. The van der Waals surface area contributed by atoms with E-state index in [-0.39, 0.29) is 22.6 Å². The molecule has 0 atom stereocenters. The zero-order valence-electron chi connectivity index (χ0n) is 47.9. The molecule has 9 aromatic rings. The predicted octanol–water partition coefficient (Wildman–Crippen LogP) is 18.4. The molecule has 0 unspecified atom stereocenters. The van der Waals surface area contributed by atoms with Crippen LogP contribution < -0.4 is 0 Å². The number of imidazole rings is 1. The van der Waals surface area contributed by atoms with Crippen molar-refractivity contribution in [1.82, 2.24) is 14.5 Å². The van der Waals surface area contributed by atoms with E-state index in [0.717, 1.165) is 83.6 Å².